The molecule has 0 saturated heterocycles. The second-order valence-electron chi connectivity index (χ2n) is 5.98. The van der Waals surface area contributed by atoms with Gasteiger partial charge in [-0.1, -0.05) is 0 Å². The van der Waals surface area contributed by atoms with Crippen LogP contribution in [0.1, 0.15) is 9.68 Å². The van der Waals surface area contributed by atoms with Gasteiger partial charge in [0.25, 0.3) is 0 Å². The van der Waals surface area contributed by atoms with Crippen molar-refractivity contribution >= 4 is 26.9 Å². The molecule has 3 aromatic rings. The van der Waals surface area contributed by atoms with E-state index >= 15 is 0 Å². The van der Waals surface area contributed by atoms with Crippen LogP contribution >= 0.6 is 11.3 Å². The lowest BCUT2D eigenvalue weighted by atomic mass is 10.1. The number of anilines is 1. The molecule has 0 spiro atoms. The molecule has 0 fully saturated rings. The van der Waals surface area contributed by atoms with Gasteiger partial charge >= 0.3 is 6.18 Å². The molecule has 2 N–H and O–H groups in total. The number of nitrogens with one attached hydrogen (secondary N) is 1. The topological polar surface area (TPSA) is 79.3 Å². The van der Waals surface area contributed by atoms with Crippen LogP contribution in [0, 0.1) is 5.82 Å². The molecule has 0 aliphatic rings. The molecule has 5 nitrogen and oxygen atoms in total. The van der Waals surface area contributed by atoms with E-state index in [9.17, 15) is 31.1 Å². The number of aromatic hydroxyl groups is 1. The summed E-state index contributed by atoms with van der Waals surface area (Å²) in [6.45, 7) is -2.80. The Bertz CT molecular complexity index is 1290. The number of halogens is 4. The molecule has 0 atom stereocenters. The number of rotatable bonds is 4. The van der Waals surface area contributed by atoms with Crippen molar-refractivity contribution in [2.75, 3.05) is 18.5 Å². The normalized spacial score (nSPS) is 14.2. The zero-order valence-electron chi connectivity index (χ0n) is 17.5. The van der Waals surface area contributed by atoms with Crippen LogP contribution in [0.25, 0.3) is 21.0 Å². The third kappa shape index (κ3) is 4.20. The molecule has 0 aliphatic carbocycles. The van der Waals surface area contributed by atoms with E-state index in [1.807, 2.05) is 5.32 Å². The smallest absolute Gasteiger partial charge is 0.416 e. The zero-order chi connectivity index (χ0) is 24.1. The van der Waals surface area contributed by atoms with Gasteiger partial charge in [-0.3, -0.25) is 0 Å². The van der Waals surface area contributed by atoms with E-state index in [2.05, 4.69) is 4.98 Å². The van der Waals surface area contributed by atoms with Gasteiger partial charge in [-0.15, -0.1) is 11.3 Å². The summed E-state index contributed by atoms with van der Waals surface area (Å²) in [7, 11) is -3.86. The average Bonchev–Trinajstić information content (AvgIpc) is 3.10. The Morgan fingerprint density at radius 3 is 2.52 bits per heavy atom. The van der Waals surface area contributed by atoms with Crippen molar-refractivity contribution in [2.45, 2.75) is 11.1 Å². The van der Waals surface area contributed by atoms with E-state index in [-0.39, 0.29) is 21.0 Å². The minimum Gasteiger partial charge on any atom is -0.507 e. The monoisotopic (exact) mass is 449 g/mol. The van der Waals surface area contributed by atoms with Crippen LogP contribution in [0.4, 0.5) is 23.2 Å². The van der Waals surface area contributed by atoms with Gasteiger partial charge in [0.2, 0.25) is 0 Å². The van der Waals surface area contributed by atoms with Gasteiger partial charge in [0.1, 0.15) is 16.6 Å². The molecule has 154 valence electrons. The van der Waals surface area contributed by atoms with Crippen molar-refractivity contribution in [1.29, 1.82) is 0 Å². The fraction of sp³-hybridized carbons (Fsp3) is 0.167. The summed E-state index contributed by atoms with van der Waals surface area (Å²) in [6.07, 6.45) is -2.65. The van der Waals surface area contributed by atoms with E-state index in [0.29, 0.717) is 12.1 Å². The van der Waals surface area contributed by atoms with Crippen molar-refractivity contribution in [1.82, 2.24) is 4.98 Å². The molecule has 29 heavy (non-hydrogen) atoms. The van der Waals surface area contributed by atoms with Gasteiger partial charge < -0.3 is 10.4 Å². The Morgan fingerprint density at radius 1 is 1.21 bits per heavy atom. The van der Waals surface area contributed by atoms with E-state index < -0.39 is 50.7 Å². The summed E-state index contributed by atoms with van der Waals surface area (Å²) in [5.41, 5.74) is -1.73. The lowest BCUT2D eigenvalue weighted by molar-refractivity contribution is -0.137. The molecule has 3 rings (SSSR count). The van der Waals surface area contributed by atoms with Crippen LogP contribution in [0.15, 0.2) is 41.4 Å². The second-order valence-corrected chi connectivity index (χ2v) is 9.03. The first-order valence-electron chi connectivity index (χ1n) is 9.25. The molecule has 0 saturated carbocycles. The highest BCUT2D eigenvalue weighted by atomic mass is 32.2. The van der Waals surface area contributed by atoms with Crippen LogP contribution < -0.4 is 5.32 Å². The number of benzene rings is 2. The second kappa shape index (κ2) is 7.30. The summed E-state index contributed by atoms with van der Waals surface area (Å²) in [6, 6.07) is 4.03. The Hall–Kier alpha value is -2.66. The Morgan fingerprint density at radius 2 is 1.93 bits per heavy atom. The zero-order valence-corrected chi connectivity index (χ0v) is 16.1. The number of alkyl halides is 3. The lowest BCUT2D eigenvalue weighted by Crippen LogP contribution is -2.04. The molecule has 1 heterocycles. The average molecular weight is 449 g/mol. The maximum atomic E-state index is 14.7. The first-order chi connectivity index (χ1) is 14.6. The van der Waals surface area contributed by atoms with E-state index in [0.717, 1.165) is 35.8 Å². The Balaban J connectivity index is 2.15. The van der Waals surface area contributed by atoms with Crippen molar-refractivity contribution in [2.24, 2.45) is 0 Å². The maximum absolute atomic E-state index is 14.7. The third-order valence-corrected chi connectivity index (χ3v) is 6.10. The molecule has 0 radical (unpaired) electrons. The number of aromatic nitrogens is 1. The number of thiazole rings is 1. The Kier molecular flexibility index (Phi) is 4.34. The first-order valence-corrected chi connectivity index (χ1v) is 10.5. The van der Waals surface area contributed by atoms with Gasteiger partial charge in [-0.2, -0.15) is 13.2 Å². The Labute approximate surface area is 171 Å². The minimum atomic E-state index is -4.66. The molecule has 0 unspecified atom stereocenters. The van der Waals surface area contributed by atoms with E-state index in [1.165, 1.54) is 6.20 Å². The van der Waals surface area contributed by atoms with Gasteiger partial charge in [-0.05, 0) is 30.3 Å². The molecule has 0 amide bonds. The van der Waals surface area contributed by atoms with Gasteiger partial charge in [-0.25, -0.2) is 17.8 Å². The number of hydrogen-bond donors (Lipinski definition) is 2. The summed E-state index contributed by atoms with van der Waals surface area (Å²) < 4.78 is 99.0. The minimum absolute atomic E-state index is 0.0423. The van der Waals surface area contributed by atoms with Crippen molar-refractivity contribution in [3.05, 3.63) is 47.9 Å². The fourth-order valence-electron chi connectivity index (χ4n) is 2.53. The van der Waals surface area contributed by atoms with E-state index in [4.69, 9.17) is 4.11 Å². The van der Waals surface area contributed by atoms with Crippen molar-refractivity contribution in [3.8, 4) is 26.8 Å². The lowest BCUT2D eigenvalue weighted by Gasteiger charge is -2.11. The number of sulfone groups is 1. The molecule has 0 bridgehead atoms. The van der Waals surface area contributed by atoms with Gasteiger partial charge in [0.05, 0.1) is 26.6 Å². The van der Waals surface area contributed by atoms with Crippen LogP contribution in [-0.2, 0) is 16.0 Å². The van der Waals surface area contributed by atoms with Crippen LogP contribution in [0.2, 0.25) is 0 Å². The van der Waals surface area contributed by atoms with Crippen LogP contribution in [0.3, 0.4) is 0 Å². The van der Waals surface area contributed by atoms with Crippen LogP contribution in [0.5, 0.6) is 5.75 Å². The summed E-state index contributed by atoms with van der Waals surface area (Å²) in [5, 5.41) is 12.1. The number of hydrogen-bond acceptors (Lipinski definition) is 6. The molecule has 2 aromatic carbocycles. The van der Waals surface area contributed by atoms with Crippen molar-refractivity contribution in [3.63, 3.8) is 0 Å². The first kappa shape index (κ1) is 17.2. The number of phenols is 1. The highest BCUT2D eigenvalue weighted by Gasteiger charge is 2.31. The molecule has 0 aliphatic heterocycles. The SMILES string of the molecule is [2H]C([2H])([2H])Nc1c(F)cc(S(C)(=O)=O)cc1-c1cnc(-c2ccc(C(F)(F)F)cc2O)s1. The van der Waals surface area contributed by atoms with Crippen molar-refractivity contribution < 1.29 is 35.2 Å². The number of nitrogens with zero attached hydrogens (tertiary/aromatic N) is 1. The van der Waals surface area contributed by atoms with Gasteiger partial charge in [0, 0.05) is 29.1 Å². The summed E-state index contributed by atoms with van der Waals surface area (Å²) >= 11 is 0.797. The number of phenolic OH excluding ortho intramolecular Hbond substituents is 1. The van der Waals surface area contributed by atoms with Crippen LogP contribution in [-0.4, -0.2) is 31.7 Å². The molecule has 11 heteroatoms. The molecular weight excluding hydrogens is 432 g/mol. The summed E-state index contributed by atoms with van der Waals surface area (Å²) in [4.78, 5) is 3.72. The molecule has 1 aromatic heterocycles. The standard InChI is InChI=1S/C18H14F4N2O3S2/c1-23-16-12(6-10(7-13(16)19)29(2,26)27)15-8-24-17(28-15)11-4-3-9(5-14(11)25)18(20,21)22/h3-8,23,25H,1-2H3/i1D3. The third-order valence-electron chi connectivity index (χ3n) is 3.94. The quantitative estimate of drug-likeness (QED) is 0.560. The predicted octanol–water partition coefficient (Wildman–Crippen LogP) is 4.79. The predicted molar refractivity (Wildman–Crippen MR) is 102 cm³/mol. The highest BCUT2D eigenvalue weighted by molar-refractivity contribution is 7.90. The highest BCUT2D eigenvalue weighted by Crippen LogP contribution is 2.42. The largest absolute Gasteiger partial charge is 0.507 e. The van der Waals surface area contributed by atoms with E-state index in [1.54, 1.807) is 0 Å². The fourth-order valence-corrected chi connectivity index (χ4v) is 4.15. The van der Waals surface area contributed by atoms with Gasteiger partial charge in [0.15, 0.2) is 9.84 Å². The maximum Gasteiger partial charge on any atom is 0.416 e. The molecular formula is C18H14F4N2O3S2. The summed E-state index contributed by atoms with van der Waals surface area (Å²) in [5.74, 6) is -1.83.